The molecule has 126 valence electrons. The summed E-state index contributed by atoms with van der Waals surface area (Å²) in [5.41, 5.74) is 6.28. The molecule has 3 aliphatic heterocycles. The van der Waals surface area contributed by atoms with E-state index in [9.17, 15) is 19.5 Å². The van der Waals surface area contributed by atoms with Gasteiger partial charge in [0.1, 0.15) is 12.2 Å². The number of β-lactam (4-membered cyclic amide) rings is 1. The number of aliphatic carboxylic acids is 1. The number of amides is 3. The van der Waals surface area contributed by atoms with Crippen LogP contribution in [-0.2, 0) is 9.59 Å². The first-order valence-electron chi connectivity index (χ1n) is 7.58. The second-order valence-electron chi connectivity index (χ2n) is 6.54. The molecule has 2 fully saturated rings. The Hall–Kier alpha value is -1.74. The van der Waals surface area contributed by atoms with E-state index in [0.717, 1.165) is 18.7 Å². The predicted octanol–water partition coefficient (Wildman–Crippen LogP) is -0.529. The summed E-state index contributed by atoms with van der Waals surface area (Å²) in [4.78, 5) is 37.7. The van der Waals surface area contributed by atoms with Crippen LogP contribution in [0.3, 0.4) is 0 Å². The standard InChI is InChI=1S/C14H20N4O4S/c1-18(4-2-16(3-5-18)14(15)22)7-9-8-23-11-6-10(19)17(11)12(9)13(20)21/h11H,2-8H2,1H3,(H2-,15,20,21,22)/p+1. The first-order valence-corrected chi connectivity index (χ1v) is 8.62. The molecule has 3 amide bonds. The van der Waals surface area contributed by atoms with Gasteiger partial charge in [0, 0.05) is 11.3 Å². The molecule has 0 saturated carbocycles. The van der Waals surface area contributed by atoms with Crippen molar-refractivity contribution in [3.63, 3.8) is 0 Å². The summed E-state index contributed by atoms with van der Waals surface area (Å²) in [7, 11) is 2.06. The SMILES string of the molecule is C[N+]1(CC2=C(C(=O)O)N3C(=O)CC3SC2)CCN(C(N)=O)CC1. The summed E-state index contributed by atoms with van der Waals surface area (Å²) >= 11 is 1.63. The maximum absolute atomic E-state index is 11.8. The van der Waals surface area contributed by atoms with Crippen molar-refractivity contribution in [1.29, 1.82) is 0 Å². The van der Waals surface area contributed by atoms with E-state index in [2.05, 4.69) is 7.05 Å². The first-order chi connectivity index (χ1) is 10.8. The van der Waals surface area contributed by atoms with Gasteiger partial charge < -0.3 is 20.2 Å². The lowest BCUT2D eigenvalue weighted by atomic mass is 10.1. The van der Waals surface area contributed by atoms with Crippen molar-refractivity contribution in [3.8, 4) is 0 Å². The average molecular weight is 341 g/mol. The van der Waals surface area contributed by atoms with Crippen molar-refractivity contribution >= 4 is 29.7 Å². The zero-order chi connectivity index (χ0) is 16.8. The van der Waals surface area contributed by atoms with Gasteiger partial charge in [-0.15, -0.1) is 11.8 Å². The number of thioether (sulfide) groups is 1. The Kier molecular flexibility index (Phi) is 4.01. The summed E-state index contributed by atoms with van der Waals surface area (Å²) < 4.78 is 0.656. The van der Waals surface area contributed by atoms with E-state index >= 15 is 0 Å². The number of carboxylic acid groups (broad SMARTS) is 1. The predicted molar refractivity (Wildman–Crippen MR) is 84.3 cm³/mol. The van der Waals surface area contributed by atoms with E-state index in [1.54, 1.807) is 16.7 Å². The topological polar surface area (TPSA) is 104 Å². The van der Waals surface area contributed by atoms with E-state index in [1.807, 2.05) is 0 Å². The number of quaternary nitrogens is 1. The highest BCUT2D eigenvalue weighted by Crippen LogP contribution is 2.40. The molecule has 3 N–H and O–H groups in total. The average Bonchev–Trinajstić information content (AvgIpc) is 2.47. The van der Waals surface area contributed by atoms with Crippen LogP contribution in [0.2, 0.25) is 0 Å². The lowest BCUT2D eigenvalue weighted by molar-refractivity contribution is -0.908. The van der Waals surface area contributed by atoms with Crippen molar-refractivity contribution in [2.75, 3.05) is 45.5 Å². The Morgan fingerprint density at radius 2 is 2.04 bits per heavy atom. The second kappa shape index (κ2) is 5.72. The van der Waals surface area contributed by atoms with Crippen molar-refractivity contribution in [3.05, 3.63) is 11.3 Å². The summed E-state index contributed by atoms with van der Waals surface area (Å²) in [6.07, 6.45) is 0.425. The molecule has 0 bridgehead atoms. The molecular weight excluding hydrogens is 320 g/mol. The van der Waals surface area contributed by atoms with Gasteiger partial charge in [0.05, 0.1) is 45.0 Å². The number of carboxylic acids is 1. The van der Waals surface area contributed by atoms with Crippen LogP contribution in [0.5, 0.6) is 0 Å². The fraction of sp³-hybridized carbons (Fsp3) is 0.643. The summed E-state index contributed by atoms with van der Waals surface area (Å²) in [6.45, 7) is 3.17. The lowest BCUT2D eigenvalue weighted by Gasteiger charge is -2.46. The number of carbonyl (C=O) groups excluding carboxylic acids is 2. The fourth-order valence-electron chi connectivity index (χ4n) is 3.39. The number of urea groups is 1. The van der Waals surface area contributed by atoms with E-state index in [1.165, 1.54) is 4.90 Å². The van der Waals surface area contributed by atoms with Gasteiger partial charge in [-0.1, -0.05) is 0 Å². The second-order valence-corrected chi connectivity index (χ2v) is 7.71. The van der Waals surface area contributed by atoms with Crippen LogP contribution in [0.25, 0.3) is 0 Å². The number of fused-ring (bicyclic) bond motifs is 1. The molecular formula is C14H21N4O4S+. The Labute approximate surface area is 138 Å². The normalized spacial score (nSPS) is 26.7. The van der Waals surface area contributed by atoms with Crippen LogP contribution in [0.1, 0.15) is 6.42 Å². The Bertz CT molecular complexity index is 598. The molecule has 2 saturated heterocycles. The number of carbonyl (C=O) groups is 3. The summed E-state index contributed by atoms with van der Waals surface area (Å²) in [5, 5.41) is 9.52. The number of likely N-dealkylation sites (N-methyl/N-ethyl adjacent to an activating group) is 1. The number of rotatable bonds is 3. The highest BCUT2D eigenvalue weighted by Gasteiger charge is 2.46. The third kappa shape index (κ3) is 2.90. The highest BCUT2D eigenvalue weighted by atomic mass is 32.2. The molecule has 8 nitrogen and oxygen atoms in total. The Morgan fingerprint density at radius 1 is 1.39 bits per heavy atom. The minimum atomic E-state index is -1.03. The number of nitrogens with zero attached hydrogens (tertiary/aromatic N) is 3. The highest BCUT2D eigenvalue weighted by molar-refractivity contribution is 8.00. The van der Waals surface area contributed by atoms with Gasteiger partial charge in [-0.2, -0.15) is 0 Å². The van der Waals surface area contributed by atoms with Gasteiger partial charge >= 0.3 is 12.0 Å². The molecule has 0 aliphatic carbocycles. The van der Waals surface area contributed by atoms with Crippen molar-refractivity contribution in [2.45, 2.75) is 11.8 Å². The third-order valence-electron chi connectivity index (χ3n) is 4.84. The smallest absolute Gasteiger partial charge is 0.352 e. The number of hydrogen-bond donors (Lipinski definition) is 2. The monoisotopic (exact) mass is 341 g/mol. The first kappa shape index (κ1) is 16.1. The van der Waals surface area contributed by atoms with Gasteiger partial charge in [-0.05, 0) is 0 Å². The number of nitrogens with two attached hydrogens (primary N) is 1. The van der Waals surface area contributed by atoms with E-state index < -0.39 is 12.0 Å². The molecule has 0 spiro atoms. The van der Waals surface area contributed by atoms with Gasteiger partial charge in [-0.3, -0.25) is 9.69 Å². The molecule has 0 aromatic carbocycles. The molecule has 0 aromatic heterocycles. The molecule has 1 unspecified atom stereocenters. The number of hydrogen-bond acceptors (Lipinski definition) is 4. The molecule has 23 heavy (non-hydrogen) atoms. The maximum Gasteiger partial charge on any atom is 0.352 e. The fourth-order valence-corrected chi connectivity index (χ4v) is 4.64. The molecule has 9 heteroatoms. The number of primary amides is 1. The van der Waals surface area contributed by atoms with Gasteiger partial charge in [-0.25, -0.2) is 9.59 Å². The van der Waals surface area contributed by atoms with E-state index in [4.69, 9.17) is 5.73 Å². The minimum absolute atomic E-state index is 0.0191. The van der Waals surface area contributed by atoms with Gasteiger partial charge in [0.2, 0.25) is 5.91 Å². The zero-order valence-electron chi connectivity index (χ0n) is 13.0. The third-order valence-corrected chi connectivity index (χ3v) is 6.12. The maximum atomic E-state index is 11.8. The molecule has 1 atom stereocenters. The van der Waals surface area contributed by atoms with Crippen LogP contribution >= 0.6 is 11.8 Å². The van der Waals surface area contributed by atoms with E-state index in [-0.39, 0.29) is 17.0 Å². The van der Waals surface area contributed by atoms with Gasteiger partial charge in [0.15, 0.2) is 0 Å². The molecule has 0 radical (unpaired) electrons. The van der Waals surface area contributed by atoms with E-state index in [0.29, 0.717) is 36.3 Å². The summed E-state index contributed by atoms with van der Waals surface area (Å²) in [5.74, 6) is -0.497. The van der Waals surface area contributed by atoms with Crippen LogP contribution in [-0.4, -0.2) is 88.2 Å². The van der Waals surface area contributed by atoms with Crippen molar-refractivity contribution in [2.24, 2.45) is 5.73 Å². The quantitative estimate of drug-likeness (QED) is 0.531. The molecule has 3 aliphatic rings. The van der Waals surface area contributed by atoms with Crippen molar-refractivity contribution in [1.82, 2.24) is 9.80 Å². The zero-order valence-corrected chi connectivity index (χ0v) is 13.8. The number of piperazine rings is 1. The van der Waals surface area contributed by atoms with Crippen molar-refractivity contribution < 1.29 is 24.0 Å². The molecule has 0 aromatic rings. The van der Waals surface area contributed by atoms with Crippen LogP contribution in [0.4, 0.5) is 4.79 Å². The van der Waals surface area contributed by atoms with Gasteiger partial charge in [0.25, 0.3) is 0 Å². The summed E-state index contributed by atoms with van der Waals surface area (Å²) in [6, 6.07) is -0.413. The van der Waals surface area contributed by atoms with Crippen LogP contribution < -0.4 is 5.73 Å². The minimum Gasteiger partial charge on any atom is -0.477 e. The molecule has 3 rings (SSSR count). The Balaban J connectivity index is 1.77. The van der Waals surface area contributed by atoms with Crippen LogP contribution in [0.15, 0.2) is 11.3 Å². The molecule has 3 heterocycles. The largest absolute Gasteiger partial charge is 0.477 e. The lowest BCUT2D eigenvalue weighted by Crippen LogP contribution is -2.61. The van der Waals surface area contributed by atoms with Crippen LogP contribution in [0, 0.1) is 0 Å². The Morgan fingerprint density at radius 3 is 2.57 bits per heavy atom.